The molecule has 5 nitrogen and oxygen atoms in total. The summed E-state index contributed by atoms with van der Waals surface area (Å²) in [5, 5.41) is 15.3. The molecule has 0 spiro atoms. The number of hydrogen-bond acceptors (Lipinski definition) is 3. The summed E-state index contributed by atoms with van der Waals surface area (Å²) in [5.41, 5.74) is 3.12. The van der Waals surface area contributed by atoms with E-state index in [1.807, 2.05) is 18.2 Å². The van der Waals surface area contributed by atoms with Crippen molar-refractivity contribution >= 4 is 11.7 Å². The molecule has 0 saturated heterocycles. The molecule has 23 heavy (non-hydrogen) atoms. The predicted octanol–water partition coefficient (Wildman–Crippen LogP) is 3.17. The quantitative estimate of drug-likeness (QED) is 0.781. The minimum Gasteiger partial charge on any atom is -0.396 e. The fraction of sp³-hybridized carbons (Fsp3) is 0.611. The van der Waals surface area contributed by atoms with Crippen LogP contribution in [0.2, 0.25) is 0 Å². The molecule has 5 heteroatoms. The Labute approximate surface area is 137 Å². The second-order valence-corrected chi connectivity index (χ2v) is 6.59. The first kappa shape index (κ1) is 16.3. The molecule has 1 unspecified atom stereocenters. The standard InChI is InChI=1S/C18H26N2O3/c21-9-8-17(13-4-2-1-3-5-13)20-18(22)19-16-7-6-14-11-23-12-15(14)10-16/h6-7,10,13,17,21H,1-5,8-9,11-12H2,(H2,19,20,22). The van der Waals surface area contributed by atoms with Gasteiger partial charge in [0.1, 0.15) is 0 Å². The molecular formula is C18H26N2O3. The fourth-order valence-corrected chi connectivity index (χ4v) is 3.69. The Kier molecular flexibility index (Phi) is 5.51. The Morgan fingerprint density at radius 3 is 2.78 bits per heavy atom. The summed E-state index contributed by atoms with van der Waals surface area (Å²) in [6.45, 7) is 1.38. The van der Waals surface area contributed by atoms with E-state index in [-0.39, 0.29) is 18.7 Å². The number of fused-ring (bicyclic) bond motifs is 1. The van der Waals surface area contributed by atoms with Crippen LogP contribution in [0.3, 0.4) is 0 Å². The second kappa shape index (κ2) is 7.79. The maximum Gasteiger partial charge on any atom is 0.319 e. The number of amides is 2. The van der Waals surface area contributed by atoms with Crippen LogP contribution in [0, 0.1) is 5.92 Å². The first-order valence-electron chi connectivity index (χ1n) is 8.64. The number of aliphatic hydroxyl groups excluding tert-OH is 1. The van der Waals surface area contributed by atoms with E-state index in [2.05, 4.69) is 10.6 Å². The second-order valence-electron chi connectivity index (χ2n) is 6.59. The van der Waals surface area contributed by atoms with Gasteiger partial charge < -0.3 is 20.5 Å². The first-order valence-corrected chi connectivity index (χ1v) is 8.64. The van der Waals surface area contributed by atoms with Crippen LogP contribution in [0.4, 0.5) is 10.5 Å². The average Bonchev–Trinajstić information content (AvgIpc) is 3.03. The number of aliphatic hydroxyl groups is 1. The van der Waals surface area contributed by atoms with E-state index >= 15 is 0 Å². The van der Waals surface area contributed by atoms with Crippen molar-refractivity contribution in [3.8, 4) is 0 Å². The summed E-state index contributed by atoms with van der Waals surface area (Å²) >= 11 is 0. The summed E-state index contributed by atoms with van der Waals surface area (Å²) in [6.07, 6.45) is 6.63. The van der Waals surface area contributed by atoms with E-state index in [9.17, 15) is 9.90 Å². The van der Waals surface area contributed by atoms with E-state index in [0.29, 0.717) is 25.6 Å². The van der Waals surface area contributed by atoms with Crippen LogP contribution in [-0.4, -0.2) is 23.8 Å². The first-order chi connectivity index (χ1) is 11.3. The lowest BCUT2D eigenvalue weighted by atomic mass is 9.83. The maximum absolute atomic E-state index is 12.3. The van der Waals surface area contributed by atoms with Crippen LogP contribution in [0.25, 0.3) is 0 Å². The number of ether oxygens (including phenoxy) is 1. The van der Waals surface area contributed by atoms with Crippen LogP contribution in [0.5, 0.6) is 0 Å². The van der Waals surface area contributed by atoms with Crippen molar-refractivity contribution < 1.29 is 14.6 Å². The molecule has 2 amide bonds. The molecule has 3 rings (SSSR count). The normalized spacial score (nSPS) is 19.2. The number of urea groups is 1. The van der Waals surface area contributed by atoms with Gasteiger partial charge in [-0.2, -0.15) is 0 Å². The van der Waals surface area contributed by atoms with Crippen LogP contribution in [0.1, 0.15) is 49.7 Å². The molecule has 1 heterocycles. The van der Waals surface area contributed by atoms with Gasteiger partial charge in [0.25, 0.3) is 0 Å². The number of rotatable bonds is 5. The highest BCUT2D eigenvalue weighted by Crippen LogP contribution is 2.28. The number of nitrogens with one attached hydrogen (secondary N) is 2. The van der Waals surface area contributed by atoms with Crippen molar-refractivity contribution in [1.82, 2.24) is 5.32 Å². The Morgan fingerprint density at radius 1 is 1.22 bits per heavy atom. The average molecular weight is 318 g/mol. The zero-order valence-corrected chi connectivity index (χ0v) is 13.5. The molecule has 1 saturated carbocycles. The van der Waals surface area contributed by atoms with Gasteiger partial charge in [-0.1, -0.05) is 25.3 Å². The van der Waals surface area contributed by atoms with E-state index in [1.165, 1.54) is 24.8 Å². The lowest BCUT2D eigenvalue weighted by Crippen LogP contribution is -2.43. The third-order valence-corrected chi connectivity index (χ3v) is 4.95. The molecule has 1 aromatic carbocycles. The SMILES string of the molecule is O=C(Nc1ccc2c(c1)COC2)NC(CCO)C1CCCCC1. The summed E-state index contributed by atoms with van der Waals surface area (Å²) in [5.74, 6) is 0.482. The fourth-order valence-electron chi connectivity index (χ4n) is 3.69. The Bertz CT molecular complexity index is 541. The van der Waals surface area contributed by atoms with Gasteiger partial charge >= 0.3 is 6.03 Å². The lowest BCUT2D eigenvalue weighted by Gasteiger charge is -2.30. The van der Waals surface area contributed by atoms with Crippen molar-refractivity contribution in [2.75, 3.05) is 11.9 Å². The number of benzene rings is 1. The summed E-state index contributed by atoms with van der Waals surface area (Å²) in [4.78, 5) is 12.3. The van der Waals surface area contributed by atoms with E-state index < -0.39 is 0 Å². The van der Waals surface area contributed by atoms with Gasteiger partial charge in [-0.15, -0.1) is 0 Å². The number of hydrogen-bond donors (Lipinski definition) is 3. The highest BCUT2D eigenvalue weighted by Gasteiger charge is 2.24. The van der Waals surface area contributed by atoms with Crippen molar-refractivity contribution in [2.45, 2.75) is 57.8 Å². The van der Waals surface area contributed by atoms with Crippen LogP contribution >= 0.6 is 0 Å². The van der Waals surface area contributed by atoms with Crippen molar-refractivity contribution in [3.63, 3.8) is 0 Å². The van der Waals surface area contributed by atoms with Gasteiger partial charge in [-0.3, -0.25) is 0 Å². The summed E-state index contributed by atoms with van der Waals surface area (Å²) < 4.78 is 5.39. The zero-order valence-electron chi connectivity index (χ0n) is 13.5. The monoisotopic (exact) mass is 318 g/mol. The van der Waals surface area contributed by atoms with Gasteiger partial charge in [0.05, 0.1) is 13.2 Å². The highest BCUT2D eigenvalue weighted by atomic mass is 16.5. The molecule has 2 aliphatic rings. The molecule has 0 bridgehead atoms. The van der Waals surface area contributed by atoms with E-state index in [4.69, 9.17) is 4.74 Å². The Morgan fingerprint density at radius 2 is 2.00 bits per heavy atom. The molecule has 3 N–H and O–H groups in total. The summed E-state index contributed by atoms with van der Waals surface area (Å²) in [7, 11) is 0. The largest absolute Gasteiger partial charge is 0.396 e. The molecular weight excluding hydrogens is 292 g/mol. The van der Waals surface area contributed by atoms with Gasteiger partial charge in [-0.05, 0) is 48.4 Å². The Hall–Kier alpha value is -1.59. The topological polar surface area (TPSA) is 70.6 Å². The third kappa shape index (κ3) is 4.24. The van der Waals surface area contributed by atoms with Crippen LogP contribution in [-0.2, 0) is 18.0 Å². The van der Waals surface area contributed by atoms with Crippen molar-refractivity contribution in [2.24, 2.45) is 5.92 Å². The van der Waals surface area contributed by atoms with Gasteiger partial charge in [0, 0.05) is 18.3 Å². The molecule has 1 fully saturated rings. The van der Waals surface area contributed by atoms with E-state index in [0.717, 1.165) is 24.1 Å². The molecule has 1 aromatic rings. The lowest BCUT2D eigenvalue weighted by molar-refractivity contribution is 0.134. The molecule has 0 aromatic heterocycles. The Balaban J connectivity index is 1.58. The van der Waals surface area contributed by atoms with E-state index in [1.54, 1.807) is 0 Å². The zero-order chi connectivity index (χ0) is 16.1. The highest BCUT2D eigenvalue weighted by molar-refractivity contribution is 5.89. The van der Waals surface area contributed by atoms with Gasteiger partial charge in [-0.25, -0.2) is 4.79 Å². The minimum atomic E-state index is -0.187. The molecule has 126 valence electrons. The summed E-state index contributed by atoms with van der Waals surface area (Å²) in [6, 6.07) is 5.76. The van der Waals surface area contributed by atoms with Crippen molar-refractivity contribution in [1.29, 1.82) is 0 Å². The molecule has 1 aliphatic carbocycles. The third-order valence-electron chi connectivity index (χ3n) is 4.95. The predicted molar refractivity (Wildman–Crippen MR) is 89.2 cm³/mol. The molecule has 1 atom stereocenters. The number of carbonyl (C=O) groups is 1. The molecule has 0 radical (unpaired) electrons. The smallest absolute Gasteiger partial charge is 0.319 e. The van der Waals surface area contributed by atoms with Gasteiger partial charge in [0.15, 0.2) is 0 Å². The van der Waals surface area contributed by atoms with Crippen LogP contribution < -0.4 is 10.6 Å². The van der Waals surface area contributed by atoms with Crippen LogP contribution in [0.15, 0.2) is 18.2 Å². The molecule has 1 aliphatic heterocycles. The minimum absolute atomic E-state index is 0.0538. The maximum atomic E-state index is 12.3. The van der Waals surface area contributed by atoms with Crippen molar-refractivity contribution in [3.05, 3.63) is 29.3 Å². The number of anilines is 1. The van der Waals surface area contributed by atoms with Gasteiger partial charge in [0.2, 0.25) is 0 Å². The number of carbonyl (C=O) groups excluding carboxylic acids is 1.